The summed E-state index contributed by atoms with van der Waals surface area (Å²) in [5.74, 6) is -1.76. The van der Waals surface area contributed by atoms with Gasteiger partial charge in [0.1, 0.15) is 5.82 Å². The van der Waals surface area contributed by atoms with Crippen molar-refractivity contribution in [2.45, 2.75) is 19.5 Å². The summed E-state index contributed by atoms with van der Waals surface area (Å²) < 4.78 is 57.4. The predicted molar refractivity (Wildman–Crippen MR) is 77.8 cm³/mol. The molecule has 0 unspecified atom stereocenters. The molecule has 23 heavy (non-hydrogen) atoms. The van der Waals surface area contributed by atoms with Crippen molar-refractivity contribution in [1.29, 1.82) is 5.41 Å². The monoisotopic (exact) mass is 332 g/mol. The molecule has 2 N–H and O–H groups in total. The summed E-state index contributed by atoms with van der Waals surface area (Å²) in [4.78, 5) is 11.5. The van der Waals surface area contributed by atoms with Crippen LogP contribution < -0.4 is 5.32 Å². The molecule has 0 fully saturated rings. The second-order valence-electron chi connectivity index (χ2n) is 4.58. The van der Waals surface area contributed by atoms with Crippen molar-refractivity contribution in [1.82, 2.24) is 5.32 Å². The minimum Gasteiger partial charge on any atom is -0.465 e. The molecule has 0 aromatic heterocycles. The molecular weight excluding hydrogens is 316 g/mol. The van der Waals surface area contributed by atoms with Crippen molar-refractivity contribution in [3.63, 3.8) is 0 Å². The van der Waals surface area contributed by atoms with Gasteiger partial charge in [-0.25, -0.2) is 9.18 Å². The van der Waals surface area contributed by atoms with Crippen LogP contribution in [0.3, 0.4) is 0 Å². The highest BCUT2D eigenvalue weighted by Gasteiger charge is 2.35. The van der Waals surface area contributed by atoms with E-state index in [1.807, 2.05) is 0 Å². The van der Waals surface area contributed by atoms with Crippen LogP contribution in [0.1, 0.15) is 29.3 Å². The van der Waals surface area contributed by atoms with Gasteiger partial charge in [0, 0.05) is 18.3 Å². The van der Waals surface area contributed by atoms with Gasteiger partial charge in [-0.15, -0.1) is 0 Å². The number of carbonyl (C=O) groups is 1. The van der Waals surface area contributed by atoms with E-state index in [-0.39, 0.29) is 23.9 Å². The highest BCUT2D eigenvalue weighted by molar-refractivity contribution is 5.93. The number of ether oxygens (including phenoxy) is 1. The number of carbonyl (C=O) groups excluding carboxylic acids is 1. The summed E-state index contributed by atoms with van der Waals surface area (Å²) in [5, 5.41) is 9.57. The van der Waals surface area contributed by atoms with E-state index in [4.69, 9.17) is 5.41 Å². The maximum Gasteiger partial charge on any atom is 0.419 e. The highest BCUT2D eigenvalue weighted by atomic mass is 19.4. The van der Waals surface area contributed by atoms with E-state index in [9.17, 15) is 22.4 Å². The van der Waals surface area contributed by atoms with E-state index >= 15 is 0 Å². The summed E-state index contributed by atoms with van der Waals surface area (Å²) in [7, 11) is 1.08. The number of hydrogen-bond acceptors (Lipinski definition) is 4. The Kier molecular flexibility index (Phi) is 6.29. The fraction of sp³-hybridized carbons (Fsp3) is 0.333. The second kappa shape index (κ2) is 7.75. The third-order valence-electron chi connectivity index (χ3n) is 2.88. The minimum atomic E-state index is -4.80. The topological polar surface area (TPSA) is 62.2 Å². The van der Waals surface area contributed by atoms with Gasteiger partial charge in [-0.1, -0.05) is 6.92 Å². The molecule has 4 nitrogen and oxygen atoms in total. The molecule has 0 aliphatic rings. The largest absolute Gasteiger partial charge is 0.465 e. The van der Waals surface area contributed by atoms with Crippen molar-refractivity contribution < 1.29 is 27.1 Å². The lowest BCUT2D eigenvalue weighted by molar-refractivity contribution is -0.0853. The molecule has 0 aliphatic carbocycles. The first-order chi connectivity index (χ1) is 10.7. The van der Waals surface area contributed by atoms with E-state index in [2.05, 4.69) is 10.1 Å². The lowest BCUT2D eigenvalue weighted by atomic mass is 10.0. The third kappa shape index (κ3) is 4.80. The van der Waals surface area contributed by atoms with Gasteiger partial charge in [-0.2, -0.15) is 13.2 Å². The fourth-order valence-corrected chi connectivity index (χ4v) is 1.87. The standard InChI is InChI=1S/C15H16F4N2O2/c1-3-4-21-13(12(8-20)15(17,18)19)9-5-10(14(22)23-2)7-11(16)6-9/h5-8,20-21H,3-4H2,1-2H3/b13-12+,20-8?. The third-order valence-corrected chi connectivity index (χ3v) is 2.88. The maximum absolute atomic E-state index is 13.7. The van der Waals surface area contributed by atoms with Crippen LogP contribution in [0.5, 0.6) is 0 Å². The number of halogens is 4. The van der Waals surface area contributed by atoms with Crippen molar-refractivity contribution >= 4 is 17.9 Å². The van der Waals surface area contributed by atoms with Gasteiger partial charge in [-0.3, -0.25) is 0 Å². The Morgan fingerprint density at radius 2 is 1.91 bits per heavy atom. The van der Waals surface area contributed by atoms with Gasteiger partial charge in [0.05, 0.1) is 23.9 Å². The molecule has 0 radical (unpaired) electrons. The van der Waals surface area contributed by atoms with Crippen molar-refractivity contribution in [3.8, 4) is 0 Å². The van der Waals surface area contributed by atoms with Crippen LogP contribution in [-0.2, 0) is 4.74 Å². The minimum absolute atomic E-state index is 0.153. The molecule has 0 atom stereocenters. The summed E-state index contributed by atoms with van der Waals surface area (Å²) in [6, 6.07) is 2.81. The van der Waals surface area contributed by atoms with E-state index in [0.29, 0.717) is 6.42 Å². The first-order valence-corrected chi connectivity index (χ1v) is 6.69. The zero-order chi connectivity index (χ0) is 17.6. The molecule has 8 heteroatoms. The van der Waals surface area contributed by atoms with Crippen LogP contribution in [0.15, 0.2) is 23.8 Å². The summed E-state index contributed by atoms with van der Waals surface area (Å²) >= 11 is 0. The SMILES string of the molecule is CCCN/C(=C(\C=N)C(F)(F)F)c1cc(F)cc(C(=O)OC)c1. The molecule has 1 aromatic carbocycles. The van der Waals surface area contributed by atoms with E-state index in [1.165, 1.54) is 0 Å². The fourth-order valence-electron chi connectivity index (χ4n) is 1.87. The Balaban J connectivity index is 3.55. The molecular formula is C15H16F4N2O2. The average molecular weight is 332 g/mol. The molecule has 0 spiro atoms. The second-order valence-corrected chi connectivity index (χ2v) is 4.58. The number of methoxy groups -OCH3 is 1. The maximum atomic E-state index is 13.7. The normalized spacial score (nSPS) is 12.4. The van der Waals surface area contributed by atoms with E-state index < -0.39 is 29.2 Å². The molecule has 126 valence electrons. The van der Waals surface area contributed by atoms with Gasteiger partial charge in [0.2, 0.25) is 0 Å². The van der Waals surface area contributed by atoms with Crippen LogP contribution in [0.2, 0.25) is 0 Å². The average Bonchev–Trinajstić information content (AvgIpc) is 2.48. The Bertz CT molecular complexity index is 624. The summed E-state index contributed by atoms with van der Waals surface area (Å²) in [6.45, 7) is 1.93. The predicted octanol–water partition coefficient (Wildman–Crippen LogP) is 3.53. The number of alkyl halides is 3. The Labute approximate surface area is 130 Å². The molecule has 0 aliphatic heterocycles. The molecule has 0 heterocycles. The van der Waals surface area contributed by atoms with Crippen LogP contribution >= 0.6 is 0 Å². The van der Waals surface area contributed by atoms with Crippen LogP contribution in [0, 0.1) is 11.2 Å². The lowest BCUT2D eigenvalue weighted by Crippen LogP contribution is -2.23. The molecule has 1 rings (SSSR count). The molecule has 0 saturated heterocycles. The first kappa shape index (κ1) is 18.7. The summed E-state index contributed by atoms with van der Waals surface area (Å²) in [5.41, 5.74) is -2.12. The number of allylic oxidation sites excluding steroid dienone is 1. The van der Waals surface area contributed by atoms with Crippen molar-refractivity contribution in [3.05, 3.63) is 40.7 Å². The Morgan fingerprint density at radius 3 is 2.39 bits per heavy atom. The van der Waals surface area contributed by atoms with Crippen LogP contribution in [0.25, 0.3) is 5.70 Å². The number of nitrogens with one attached hydrogen (secondary N) is 2. The van der Waals surface area contributed by atoms with Crippen molar-refractivity contribution in [2.75, 3.05) is 13.7 Å². The number of benzene rings is 1. The lowest BCUT2D eigenvalue weighted by Gasteiger charge is -2.17. The number of esters is 1. The Hall–Kier alpha value is -2.38. The molecule has 0 bridgehead atoms. The van der Waals surface area contributed by atoms with Gasteiger partial charge in [-0.05, 0) is 24.6 Å². The number of hydrogen-bond donors (Lipinski definition) is 2. The van der Waals surface area contributed by atoms with Gasteiger partial charge < -0.3 is 15.5 Å². The Morgan fingerprint density at radius 1 is 1.30 bits per heavy atom. The summed E-state index contributed by atoms with van der Waals surface area (Å²) in [6.07, 6.45) is -4.12. The smallest absolute Gasteiger partial charge is 0.419 e. The molecule has 0 amide bonds. The zero-order valence-electron chi connectivity index (χ0n) is 12.6. The molecule has 0 saturated carbocycles. The van der Waals surface area contributed by atoms with E-state index in [1.54, 1.807) is 6.92 Å². The molecule has 1 aromatic rings. The first-order valence-electron chi connectivity index (χ1n) is 6.69. The zero-order valence-corrected chi connectivity index (χ0v) is 12.6. The van der Waals surface area contributed by atoms with Gasteiger partial charge in [0.25, 0.3) is 0 Å². The van der Waals surface area contributed by atoms with Crippen LogP contribution in [-0.4, -0.2) is 32.0 Å². The van der Waals surface area contributed by atoms with Crippen LogP contribution in [0.4, 0.5) is 17.6 Å². The number of rotatable bonds is 6. The highest BCUT2D eigenvalue weighted by Crippen LogP contribution is 2.30. The van der Waals surface area contributed by atoms with Gasteiger partial charge >= 0.3 is 12.1 Å². The van der Waals surface area contributed by atoms with Crippen molar-refractivity contribution in [2.24, 2.45) is 0 Å². The van der Waals surface area contributed by atoms with Gasteiger partial charge in [0.15, 0.2) is 0 Å². The quantitative estimate of drug-likeness (QED) is 0.476. The van der Waals surface area contributed by atoms with E-state index in [0.717, 1.165) is 25.3 Å².